The Kier molecular flexibility index (Phi) is 6.82. The first kappa shape index (κ1) is 18.9. The maximum atomic E-state index is 12.0. The molecule has 3 N–H and O–H groups in total. The zero-order valence-corrected chi connectivity index (χ0v) is 15.7. The molecule has 0 spiro atoms. The molecular weight excluding hydrogens is 340 g/mol. The number of methoxy groups -OCH3 is 1. The van der Waals surface area contributed by atoms with Crippen molar-refractivity contribution < 1.29 is 14.4 Å². The molecule has 0 bridgehead atoms. The van der Waals surface area contributed by atoms with Gasteiger partial charge in [0.25, 0.3) is 5.91 Å². The second-order valence-corrected chi connectivity index (χ2v) is 6.71. The first-order valence-electron chi connectivity index (χ1n) is 9.32. The van der Waals surface area contributed by atoms with Gasteiger partial charge in [-0.05, 0) is 12.1 Å². The molecule has 2 aromatic carbocycles. The molecule has 0 aliphatic carbocycles. The van der Waals surface area contributed by atoms with Crippen LogP contribution in [0.4, 0.5) is 5.69 Å². The van der Waals surface area contributed by atoms with E-state index in [1.165, 1.54) is 5.56 Å². The molecule has 0 unspecified atom stereocenters. The quantitative estimate of drug-likeness (QED) is 0.649. The number of benzene rings is 2. The van der Waals surface area contributed by atoms with Gasteiger partial charge in [-0.15, -0.1) is 0 Å². The number of quaternary nitrogens is 1. The van der Waals surface area contributed by atoms with Gasteiger partial charge >= 0.3 is 0 Å². The third-order valence-electron chi connectivity index (χ3n) is 4.69. The number of ether oxygens (including phenoxy) is 1. The molecule has 0 radical (unpaired) electrons. The van der Waals surface area contributed by atoms with Crippen LogP contribution >= 0.6 is 0 Å². The van der Waals surface area contributed by atoms with Crippen LogP contribution in [0.5, 0.6) is 5.75 Å². The number of nitrogens with zero attached hydrogens (tertiary/aromatic N) is 1. The molecule has 1 aliphatic rings. The Labute approximate surface area is 160 Å². The summed E-state index contributed by atoms with van der Waals surface area (Å²) in [6.45, 7) is 3.32. The largest absolute Gasteiger partial charge is 0.497 e. The summed E-state index contributed by atoms with van der Waals surface area (Å²) in [5, 5.41) is 7.39. The molecule has 1 saturated heterocycles. The predicted molar refractivity (Wildman–Crippen MR) is 107 cm³/mol. The minimum absolute atomic E-state index is 0.149. The third kappa shape index (κ3) is 6.11. The van der Waals surface area contributed by atoms with E-state index in [4.69, 9.17) is 4.74 Å². The summed E-state index contributed by atoms with van der Waals surface area (Å²) in [5.74, 6) is 0.606. The zero-order valence-electron chi connectivity index (χ0n) is 15.7. The van der Waals surface area contributed by atoms with Gasteiger partial charge in [-0.1, -0.05) is 36.4 Å². The van der Waals surface area contributed by atoms with Crippen LogP contribution in [0, 0.1) is 0 Å². The lowest BCUT2D eigenvalue weighted by Crippen LogP contribution is -3.11. The number of hydrogen-bond acceptors (Lipinski definition) is 4. The van der Waals surface area contributed by atoms with Crippen LogP contribution in [0.25, 0.3) is 0 Å². The molecule has 142 valence electrons. The van der Waals surface area contributed by atoms with E-state index >= 15 is 0 Å². The summed E-state index contributed by atoms with van der Waals surface area (Å²) in [6.07, 6.45) is 1.84. The van der Waals surface area contributed by atoms with Crippen LogP contribution in [0.15, 0.2) is 59.7 Å². The molecular formula is C21H27N4O2+. The number of nitrogens with one attached hydrogen (secondary N) is 3. The van der Waals surface area contributed by atoms with Gasteiger partial charge in [0.15, 0.2) is 0 Å². The fraction of sp³-hybridized carbons (Fsp3) is 0.333. The Bertz CT molecular complexity index is 767. The summed E-state index contributed by atoms with van der Waals surface area (Å²) >= 11 is 0. The number of amides is 1. The van der Waals surface area contributed by atoms with E-state index in [-0.39, 0.29) is 12.5 Å². The Morgan fingerprint density at radius 2 is 1.89 bits per heavy atom. The summed E-state index contributed by atoms with van der Waals surface area (Å²) in [5.41, 5.74) is 5.94. The molecule has 6 nitrogen and oxygen atoms in total. The maximum Gasteiger partial charge on any atom is 0.259 e. The number of anilines is 1. The second-order valence-electron chi connectivity index (χ2n) is 6.71. The molecule has 0 aromatic heterocycles. The van der Waals surface area contributed by atoms with Gasteiger partial charge in [-0.3, -0.25) is 4.79 Å². The lowest BCUT2D eigenvalue weighted by molar-refractivity contribution is -0.914. The van der Waals surface area contributed by atoms with Crippen LogP contribution in [-0.4, -0.2) is 38.4 Å². The van der Waals surface area contributed by atoms with E-state index in [1.54, 1.807) is 12.0 Å². The first-order valence-corrected chi connectivity index (χ1v) is 9.32. The number of piperidine rings is 1. The highest BCUT2D eigenvalue weighted by molar-refractivity contribution is 5.87. The van der Waals surface area contributed by atoms with Crippen LogP contribution in [0.3, 0.4) is 0 Å². The van der Waals surface area contributed by atoms with Gasteiger partial charge in [-0.25, -0.2) is 5.43 Å². The van der Waals surface area contributed by atoms with Crippen molar-refractivity contribution in [3.05, 3.63) is 60.2 Å². The van der Waals surface area contributed by atoms with E-state index < -0.39 is 0 Å². The molecule has 27 heavy (non-hydrogen) atoms. The number of carbonyl (C=O) groups is 1. The second kappa shape index (κ2) is 9.73. The Morgan fingerprint density at radius 1 is 1.11 bits per heavy atom. The monoisotopic (exact) mass is 367 g/mol. The molecule has 0 saturated carbocycles. The van der Waals surface area contributed by atoms with Crippen molar-refractivity contribution in [1.82, 2.24) is 5.43 Å². The number of hydrazone groups is 1. The SMILES string of the molecule is COc1cccc(NCC(=O)NN=C2CC[NH+](Cc3ccccc3)CC2)c1. The van der Waals surface area contributed by atoms with E-state index in [0.717, 1.165) is 49.6 Å². The van der Waals surface area contributed by atoms with Crippen LogP contribution < -0.4 is 20.4 Å². The minimum atomic E-state index is -0.149. The predicted octanol–water partition coefficient (Wildman–Crippen LogP) is 1.46. The fourth-order valence-electron chi connectivity index (χ4n) is 3.16. The highest BCUT2D eigenvalue weighted by atomic mass is 16.5. The lowest BCUT2D eigenvalue weighted by Gasteiger charge is -2.24. The van der Waals surface area contributed by atoms with Gasteiger partial charge in [0.05, 0.1) is 26.7 Å². The van der Waals surface area contributed by atoms with Crippen molar-refractivity contribution in [2.45, 2.75) is 19.4 Å². The average molecular weight is 367 g/mol. The minimum Gasteiger partial charge on any atom is -0.497 e. The smallest absolute Gasteiger partial charge is 0.259 e. The van der Waals surface area contributed by atoms with Crippen LogP contribution in [-0.2, 0) is 11.3 Å². The van der Waals surface area contributed by atoms with E-state index in [1.807, 2.05) is 30.3 Å². The summed E-state index contributed by atoms with van der Waals surface area (Å²) in [4.78, 5) is 13.6. The summed E-state index contributed by atoms with van der Waals surface area (Å²) in [6, 6.07) is 18.1. The molecule has 1 fully saturated rings. The lowest BCUT2D eigenvalue weighted by atomic mass is 10.1. The fourth-order valence-corrected chi connectivity index (χ4v) is 3.16. The van der Waals surface area contributed by atoms with Crippen molar-refractivity contribution in [3.8, 4) is 5.75 Å². The van der Waals surface area contributed by atoms with E-state index in [0.29, 0.717) is 0 Å². The van der Waals surface area contributed by atoms with Gasteiger partial charge in [0.1, 0.15) is 12.3 Å². The number of hydrogen-bond donors (Lipinski definition) is 3. The first-order chi connectivity index (χ1) is 13.2. The molecule has 6 heteroatoms. The highest BCUT2D eigenvalue weighted by Gasteiger charge is 2.18. The van der Waals surface area contributed by atoms with E-state index in [2.05, 4.69) is 40.1 Å². The standard InChI is InChI=1S/C21H26N4O2/c1-27-20-9-5-8-19(14-20)22-15-21(26)24-23-18-10-12-25(13-11-18)16-17-6-3-2-4-7-17/h2-9,14,22H,10-13,15-16H2,1H3,(H,24,26)/p+1. The van der Waals surface area contributed by atoms with Crippen molar-refractivity contribution in [2.24, 2.45) is 5.10 Å². The Morgan fingerprint density at radius 3 is 2.63 bits per heavy atom. The number of rotatable bonds is 7. The number of likely N-dealkylation sites (tertiary alicyclic amines) is 1. The van der Waals surface area contributed by atoms with Crippen LogP contribution in [0.1, 0.15) is 18.4 Å². The summed E-state index contributed by atoms with van der Waals surface area (Å²) in [7, 11) is 1.62. The van der Waals surface area contributed by atoms with Gasteiger partial charge in [0, 0.05) is 35.9 Å². The van der Waals surface area contributed by atoms with Crippen molar-refractivity contribution in [1.29, 1.82) is 0 Å². The molecule has 2 aromatic rings. The number of carbonyl (C=O) groups excluding carboxylic acids is 1. The molecule has 1 heterocycles. The average Bonchev–Trinajstić information content (AvgIpc) is 2.72. The van der Waals surface area contributed by atoms with Gasteiger partial charge in [-0.2, -0.15) is 5.10 Å². The third-order valence-corrected chi connectivity index (χ3v) is 4.69. The Balaban J connectivity index is 1.39. The van der Waals surface area contributed by atoms with E-state index in [9.17, 15) is 4.79 Å². The maximum absolute atomic E-state index is 12.0. The highest BCUT2D eigenvalue weighted by Crippen LogP contribution is 2.16. The van der Waals surface area contributed by atoms with Crippen molar-refractivity contribution >= 4 is 17.3 Å². The van der Waals surface area contributed by atoms with Gasteiger partial charge < -0.3 is 15.0 Å². The van der Waals surface area contributed by atoms with Crippen molar-refractivity contribution in [2.75, 3.05) is 32.1 Å². The molecule has 1 aliphatic heterocycles. The normalized spacial score (nSPS) is 16.5. The topological polar surface area (TPSA) is 67.2 Å². The zero-order chi connectivity index (χ0) is 18.9. The molecule has 3 rings (SSSR count). The van der Waals surface area contributed by atoms with Crippen LogP contribution in [0.2, 0.25) is 0 Å². The summed E-state index contributed by atoms with van der Waals surface area (Å²) < 4.78 is 5.17. The Hall–Kier alpha value is -2.86. The van der Waals surface area contributed by atoms with Crippen molar-refractivity contribution in [3.63, 3.8) is 0 Å². The molecule has 0 atom stereocenters. The molecule has 1 amide bonds. The van der Waals surface area contributed by atoms with Gasteiger partial charge in [0.2, 0.25) is 0 Å².